The molecule has 0 aromatic carbocycles. The number of aliphatic hydroxyl groups is 3. The summed E-state index contributed by atoms with van der Waals surface area (Å²) in [7, 11) is 8.36. The first-order valence-corrected chi connectivity index (χ1v) is 26.9. The van der Waals surface area contributed by atoms with Gasteiger partial charge >= 0.3 is 59.6 Å². The van der Waals surface area contributed by atoms with Gasteiger partial charge in [-0.3, -0.25) is 4.79 Å². The van der Waals surface area contributed by atoms with E-state index in [0.717, 1.165) is 42.6 Å². The van der Waals surface area contributed by atoms with E-state index < -0.39 is 14.7 Å². The van der Waals surface area contributed by atoms with Crippen molar-refractivity contribution in [3.05, 3.63) is 0 Å². The van der Waals surface area contributed by atoms with Crippen molar-refractivity contribution in [2.75, 3.05) is 7.11 Å². The van der Waals surface area contributed by atoms with Crippen LogP contribution in [0.4, 0.5) is 4.79 Å². The normalized spacial score (nSPS) is 41.4. The van der Waals surface area contributed by atoms with E-state index in [4.69, 9.17) is 64.0 Å². The number of hydrogen-bond donors (Lipinski definition) is 3. The van der Waals surface area contributed by atoms with Crippen LogP contribution in [0.1, 0.15) is 144 Å². The van der Waals surface area contributed by atoms with E-state index in [-0.39, 0.29) is 82.3 Å². The molecule has 16 aliphatic carbocycles. The molecule has 383 valence electrons. The molecule has 0 spiro atoms. The summed E-state index contributed by atoms with van der Waals surface area (Å²) >= 11 is 5.34. The second-order valence-corrected chi connectivity index (χ2v) is 24.9. The van der Waals surface area contributed by atoms with Gasteiger partial charge in [-0.05, 0) is 210 Å². The molecule has 16 fully saturated rings. The van der Waals surface area contributed by atoms with Gasteiger partial charge in [0.05, 0.1) is 12.2 Å². The van der Waals surface area contributed by atoms with Gasteiger partial charge in [0.15, 0.2) is 0 Å². The molecule has 16 rings (SSSR count). The molecule has 69 heavy (non-hydrogen) atoms. The van der Waals surface area contributed by atoms with E-state index in [1.54, 1.807) is 0 Å². The van der Waals surface area contributed by atoms with E-state index in [9.17, 15) is 19.8 Å². The number of carbonyl (C=O) groups excluding carboxylic acids is 10. The van der Waals surface area contributed by atoms with Crippen molar-refractivity contribution in [1.29, 1.82) is 0 Å². The Morgan fingerprint density at radius 2 is 0.783 bits per heavy atom. The van der Waals surface area contributed by atoms with E-state index in [0.29, 0.717) is 64.0 Å². The molecular weight excluding hydrogens is 989 g/mol. The molecule has 0 saturated heterocycles. The van der Waals surface area contributed by atoms with Gasteiger partial charge in [0.1, 0.15) is 11.9 Å². The molecule has 0 heterocycles. The first-order chi connectivity index (χ1) is 31.8. The van der Waals surface area contributed by atoms with Crippen LogP contribution in [0.15, 0.2) is 0 Å². The van der Waals surface area contributed by atoms with Crippen molar-refractivity contribution in [1.82, 2.24) is 0 Å². The first kappa shape index (κ1) is 65.6. The van der Waals surface area contributed by atoms with Gasteiger partial charge in [0, 0.05) is 60.3 Å². The van der Waals surface area contributed by atoms with Gasteiger partial charge in [-0.2, -0.15) is 38.4 Å². The zero-order valence-corrected chi connectivity index (χ0v) is 45.4. The summed E-state index contributed by atoms with van der Waals surface area (Å²) in [5.74, 6) is 11.3. The predicted molar refractivity (Wildman–Crippen MR) is 245 cm³/mol. The average Bonchev–Trinajstić information content (AvgIpc) is 3.23. The summed E-state index contributed by atoms with van der Waals surface area (Å²) in [6.07, 6.45) is 27.6. The van der Waals surface area contributed by atoms with Crippen molar-refractivity contribution in [2.45, 2.75) is 161 Å². The minimum absolute atomic E-state index is 0. The molecule has 4 atom stereocenters. The SMILES string of the molecule is CC12CC3CC(C1)C(O)C(C3)C2.CC12CC3CC(C1)C(OC(=O)Cl)C(C3)C2.CO.O=C1C2CC3CC(C2)CC1C3.O=C=O.O=C=O.O=C=O.O=C=O.O=S(Cl)Cl.OC1C2CC3CC(C2)CC1C3.[B].[H-].[Na+]. The number of aliphatic hydroxyl groups excluding tert-OH is 3. The molecule has 3 radical (unpaired) electrons. The molecule has 16 saturated carbocycles. The van der Waals surface area contributed by atoms with Gasteiger partial charge in [0.2, 0.25) is 9.23 Å². The molecule has 4 unspecified atom stereocenters. The maximum absolute atomic E-state index is 11.6. The zero-order chi connectivity index (χ0) is 50.2. The first-order valence-electron chi connectivity index (χ1n) is 23.7. The van der Waals surface area contributed by atoms with Crippen molar-refractivity contribution in [3.63, 3.8) is 0 Å². The molecular formula is C48H70BCl3NaO15S. The Hall–Kier alpha value is -1.38. The Morgan fingerprint density at radius 1 is 0.536 bits per heavy atom. The van der Waals surface area contributed by atoms with Crippen molar-refractivity contribution in [2.24, 2.45) is 93.7 Å². The van der Waals surface area contributed by atoms with Crippen molar-refractivity contribution < 1.29 is 103 Å². The average molecular weight is 1060 g/mol. The standard InChI is InChI=1S/C12H17ClO2.C11H18O.C10H16O.C10H14O.4CO2.CH4O.B.Cl2OS.Na.H/c1-12-4-7-2-8(5-12)10(15-11(13)14)9(3-7)6-12;1-11-4-7-2-8(5-11)10(12)9(3-7)6-11;2*11-10-8-2-6-1-7(4-8)5-9(10)3-6;4*2-1-3;1-2;;1-4(2)3;;/h7-10H,2-6H2,1H3;7-10,12H,2-6H2,1H3;6-11H,1-5H2;6-9H,1-5H2;;;;;2H,1H3;;;;/q;;;;;;;;;;;+1;-1. The van der Waals surface area contributed by atoms with Crippen LogP contribution in [0, 0.1) is 93.7 Å². The van der Waals surface area contributed by atoms with Crippen LogP contribution in [0.2, 0.25) is 0 Å². The smallest absolute Gasteiger partial charge is 1.00 e. The zero-order valence-electron chi connectivity index (χ0n) is 41.3. The third-order valence-corrected chi connectivity index (χ3v) is 17.5. The van der Waals surface area contributed by atoms with Gasteiger partial charge in [-0.1, -0.05) is 13.8 Å². The quantitative estimate of drug-likeness (QED) is 0.239. The molecule has 15 nitrogen and oxygen atoms in total. The van der Waals surface area contributed by atoms with Crippen LogP contribution in [-0.2, 0) is 57.1 Å². The fourth-order valence-electron chi connectivity index (χ4n) is 16.6. The van der Waals surface area contributed by atoms with Crippen LogP contribution in [0.3, 0.4) is 0 Å². The van der Waals surface area contributed by atoms with Crippen LogP contribution in [0.25, 0.3) is 0 Å². The molecule has 3 N–H and O–H groups in total. The number of carbonyl (C=O) groups is 2. The van der Waals surface area contributed by atoms with Crippen LogP contribution in [0.5, 0.6) is 0 Å². The van der Waals surface area contributed by atoms with E-state index in [2.05, 4.69) is 35.2 Å². The minimum Gasteiger partial charge on any atom is -1.00 e. The molecule has 21 heteroatoms. The fraction of sp³-hybridized carbons (Fsp3) is 0.875. The Morgan fingerprint density at radius 3 is 1.07 bits per heavy atom. The molecule has 16 bridgehead atoms. The summed E-state index contributed by atoms with van der Waals surface area (Å²) in [5, 5.41) is 26.8. The number of ketones is 1. The maximum atomic E-state index is 11.6. The van der Waals surface area contributed by atoms with Gasteiger partial charge < -0.3 is 21.5 Å². The predicted octanol–water partition coefficient (Wildman–Crippen LogP) is 4.64. The number of halogens is 3. The summed E-state index contributed by atoms with van der Waals surface area (Å²) in [4.78, 5) is 87.4. The minimum atomic E-state index is -1.67. The summed E-state index contributed by atoms with van der Waals surface area (Å²) in [6.45, 7) is 4.83. The Labute approximate surface area is 447 Å². The van der Waals surface area contributed by atoms with E-state index in [1.165, 1.54) is 128 Å². The summed E-state index contributed by atoms with van der Waals surface area (Å²) in [6, 6.07) is 0. The molecule has 0 aromatic heterocycles. The second-order valence-electron chi connectivity index (χ2n) is 22.0. The number of ether oxygens (including phenoxy) is 1. The van der Waals surface area contributed by atoms with Crippen molar-refractivity contribution in [3.8, 4) is 0 Å². The molecule has 0 amide bonds. The number of rotatable bonds is 1. The Bertz CT molecular complexity index is 1650. The fourth-order valence-corrected chi connectivity index (χ4v) is 16.7. The van der Waals surface area contributed by atoms with Crippen molar-refractivity contribution >= 4 is 86.4 Å². The van der Waals surface area contributed by atoms with Crippen LogP contribution >= 0.6 is 33.0 Å². The van der Waals surface area contributed by atoms with Gasteiger partial charge in [0.25, 0.3) is 0 Å². The van der Waals surface area contributed by atoms with Crippen LogP contribution in [-0.4, -0.2) is 89.2 Å². The largest absolute Gasteiger partial charge is 1.00 e. The van der Waals surface area contributed by atoms with Crippen LogP contribution < -0.4 is 29.6 Å². The number of Topliss-reactive ketones (excluding diaryl/α,β-unsaturated/α-hetero) is 1. The summed E-state index contributed by atoms with van der Waals surface area (Å²) in [5.41, 5.74) is 0.541. The number of hydrogen-bond acceptors (Lipinski definition) is 15. The third-order valence-electron chi connectivity index (χ3n) is 17.4. The summed E-state index contributed by atoms with van der Waals surface area (Å²) < 4.78 is 14.4. The maximum Gasteiger partial charge on any atom is 1.00 e. The molecule has 16 aliphatic rings. The molecule has 0 aromatic rings. The topological polar surface area (TPSA) is 258 Å². The van der Waals surface area contributed by atoms with Gasteiger partial charge in [-0.15, -0.1) is 0 Å². The van der Waals surface area contributed by atoms with E-state index in [1.807, 2.05) is 0 Å². The second kappa shape index (κ2) is 31.4. The van der Waals surface area contributed by atoms with E-state index >= 15 is 0 Å². The monoisotopic (exact) mass is 1060 g/mol. The Kier molecular flexibility index (Phi) is 29.9. The third kappa shape index (κ3) is 19.1. The Balaban J connectivity index is 0.000000808. The van der Waals surface area contributed by atoms with Gasteiger partial charge in [-0.25, -0.2) is 9.00 Å². The molecule has 0 aliphatic heterocycles.